The Balaban J connectivity index is 2.29. The topological polar surface area (TPSA) is 78.1 Å². The van der Waals surface area contributed by atoms with Crippen LogP contribution in [-0.4, -0.2) is 21.9 Å². The molecule has 0 bridgehead atoms. The summed E-state index contributed by atoms with van der Waals surface area (Å²) in [6, 6.07) is 5.64. The molecule has 0 unspecified atom stereocenters. The number of nitrogen functional groups attached to an aromatic ring is 1. The molecule has 0 aliphatic heterocycles. The van der Waals surface area contributed by atoms with E-state index in [1.165, 1.54) is 0 Å². The van der Waals surface area contributed by atoms with Crippen LogP contribution < -0.4 is 5.73 Å². The van der Waals surface area contributed by atoms with Crippen LogP contribution in [0.3, 0.4) is 0 Å². The largest absolute Gasteiger partial charge is 0.460 e. The lowest BCUT2D eigenvalue weighted by molar-refractivity contribution is 0.0514. The van der Waals surface area contributed by atoms with Crippen molar-refractivity contribution in [1.82, 2.24) is 9.36 Å². The Morgan fingerprint density at radius 3 is 2.94 bits per heavy atom. The van der Waals surface area contributed by atoms with Gasteiger partial charge in [0, 0.05) is 11.3 Å². The van der Waals surface area contributed by atoms with Gasteiger partial charge >= 0.3 is 5.97 Å². The Labute approximate surface area is 109 Å². The zero-order chi connectivity index (χ0) is 13.1. The molecule has 1 aromatic heterocycles. The van der Waals surface area contributed by atoms with Crippen molar-refractivity contribution in [2.75, 3.05) is 12.3 Å². The lowest BCUT2D eigenvalue weighted by atomic mass is 10.1. The van der Waals surface area contributed by atoms with Crippen LogP contribution in [0.15, 0.2) is 18.2 Å². The molecule has 0 saturated heterocycles. The number of benzene rings is 1. The first kappa shape index (κ1) is 12.5. The number of aryl methyl sites for hydroxylation is 1. The molecule has 0 spiro atoms. The summed E-state index contributed by atoms with van der Waals surface area (Å²) in [5.41, 5.74) is 8.39. The number of hydrogen-bond donors (Lipinski definition) is 1. The molecule has 2 rings (SSSR count). The maximum atomic E-state index is 11.4. The van der Waals surface area contributed by atoms with E-state index < -0.39 is 5.97 Å². The van der Waals surface area contributed by atoms with Crippen molar-refractivity contribution in [3.63, 3.8) is 0 Å². The SMILES string of the molecule is CCOC(=O)c1nsc(-c2ccc(C)c(N)c2)n1. The van der Waals surface area contributed by atoms with Gasteiger partial charge in [-0.15, -0.1) is 0 Å². The van der Waals surface area contributed by atoms with Crippen LogP contribution in [0.5, 0.6) is 0 Å². The number of nitrogens with zero attached hydrogens (tertiary/aromatic N) is 2. The van der Waals surface area contributed by atoms with Crippen LogP contribution in [0.25, 0.3) is 10.6 Å². The minimum Gasteiger partial charge on any atom is -0.460 e. The summed E-state index contributed by atoms with van der Waals surface area (Å²) in [7, 11) is 0. The standard InChI is InChI=1S/C12H13N3O2S/c1-3-17-12(16)10-14-11(18-15-10)8-5-4-7(2)9(13)6-8/h4-6H,3,13H2,1-2H3. The number of rotatable bonds is 3. The monoisotopic (exact) mass is 263 g/mol. The highest BCUT2D eigenvalue weighted by Gasteiger charge is 2.14. The maximum Gasteiger partial charge on any atom is 0.377 e. The summed E-state index contributed by atoms with van der Waals surface area (Å²) in [6.07, 6.45) is 0. The Morgan fingerprint density at radius 2 is 2.28 bits per heavy atom. The number of aromatic nitrogens is 2. The molecule has 6 heteroatoms. The zero-order valence-electron chi connectivity index (χ0n) is 10.1. The molecule has 94 valence electrons. The van der Waals surface area contributed by atoms with E-state index in [0.717, 1.165) is 22.7 Å². The fraction of sp³-hybridized carbons (Fsp3) is 0.250. The van der Waals surface area contributed by atoms with Gasteiger partial charge in [0.25, 0.3) is 5.82 Å². The number of anilines is 1. The van der Waals surface area contributed by atoms with Crippen LogP contribution in [-0.2, 0) is 4.74 Å². The van der Waals surface area contributed by atoms with Crippen molar-refractivity contribution in [2.45, 2.75) is 13.8 Å². The van der Waals surface area contributed by atoms with Crippen LogP contribution in [0, 0.1) is 6.92 Å². The highest BCUT2D eigenvalue weighted by atomic mass is 32.1. The van der Waals surface area contributed by atoms with E-state index >= 15 is 0 Å². The van der Waals surface area contributed by atoms with Gasteiger partial charge in [-0.25, -0.2) is 9.78 Å². The fourth-order valence-electron chi connectivity index (χ4n) is 1.39. The first-order valence-corrected chi connectivity index (χ1v) is 6.26. The molecule has 0 amide bonds. The molecule has 2 N–H and O–H groups in total. The minimum atomic E-state index is -0.500. The molecule has 5 nitrogen and oxygen atoms in total. The van der Waals surface area contributed by atoms with Crippen molar-refractivity contribution >= 4 is 23.2 Å². The second kappa shape index (κ2) is 5.14. The van der Waals surface area contributed by atoms with Crippen molar-refractivity contribution < 1.29 is 9.53 Å². The van der Waals surface area contributed by atoms with Crippen molar-refractivity contribution in [3.05, 3.63) is 29.6 Å². The third-order valence-corrected chi connectivity index (χ3v) is 3.17. The van der Waals surface area contributed by atoms with Crippen LogP contribution in [0.2, 0.25) is 0 Å². The number of hydrogen-bond acceptors (Lipinski definition) is 6. The summed E-state index contributed by atoms with van der Waals surface area (Å²) in [5.74, 6) is -0.406. The maximum absolute atomic E-state index is 11.4. The van der Waals surface area contributed by atoms with Gasteiger partial charge in [0.2, 0.25) is 0 Å². The van der Waals surface area contributed by atoms with Gasteiger partial charge in [0.1, 0.15) is 5.01 Å². The second-order valence-corrected chi connectivity index (χ2v) is 4.47. The van der Waals surface area contributed by atoms with Crippen LogP contribution in [0.4, 0.5) is 5.69 Å². The Kier molecular flexibility index (Phi) is 3.57. The van der Waals surface area contributed by atoms with Crippen molar-refractivity contribution in [3.8, 4) is 10.6 Å². The lowest BCUT2D eigenvalue weighted by Crippen LogP contribution is -2.06. The lowest BCUT2D eigenvalue weighted by Gasteiger charge is -2.01. The van der Waals surface area contributed by atoms with E-state index in [-0.39, 0.29) is 5.82 Å². The van der Waals surface area contributed by atoms with Crippen LogP contribution in [0.1, 0.15) is 23.1 Å². The van der Waals surface area contributed by atoms with E-state index in [2.05, 4.69) is 9.36 Å². The van der Waals surface area contributed by atoms with Gasteiger partial charge in [-0.1, -0.05) is 12.1 Å². The van der Waals surface area contributed by atoms with Gasteiger partial charge < -0.3 is 10.5 Å². The number of ether oxygens (including phenoxy) is 1. The Morgan fingerprint density at radius 1 is 1.50 bits per heavy atom. The van der Waals surface area contributed by atoms with Gasteiger partial charge in [-0.2, -0.15) is 4.37 Å². The van der Waals surface area contributed by atoms with Gasteiger partial charge in [-0.3, -0.25) is 0 Å². The highest BCUT2D eigenvalue weighted by Crippen LogP contribution is 2.25. The molecule has 1 aromatic carbocycles. The molecule has 1 heterocycles. The molecule has 0 fully saturated rings. The van der Waals surface area contributed by atoms with E-state index in [9.17, 15) is 4.79 Å². The smallest absolute Gasteiger partial charge is 0.377 e. The molecule has 0 aliphatic carbocycles. The quantitative estimate of drug-likeness (QED) is 0.679. The predicted octanol–water partition coefficient (Wildman–Crippen LogP) is 2.27. The molecule has 0 atom stereocenters. The highest BCUT2D eigenvalue weighted by molar-refractivity contribution is 7.09. The Bertz CT molecular complexity index is 580. The summed E-state index contributed by atoms with van der Waals surface area (Å²) in [6.45, 7) is 3.99. The van der Waals surface area contributed by atoms with E-state index in [1.807, 2.05) is 25.1 Å². The third kappa shape index (κ3) is 2.48. The molecule has 2 aromatic rings. The number of esters is 1. The van der Waals surface area contributed by atoms with E-state index in [4.69, 9.17) is 10.5 Å². The zero-order valence-corrected chi connectivity index (χ0v) is 11.0. The summed E-state index contributed by atoms with van der Waals surface area (Å²) in [5, 5.41) is 0.657. The molecule has 0 saturated carbocycles. The predicted molar refractivity (Wildman–Crippen MR) is 70.5 cm³/mol. The van der Waals surface area contributed by atoms with Crippen molar-refractivity contribution in [1.29, 1.82) is 0 Å². The first-order valence-electron chi connectivity index (χ1n) is 5.49. The Hall–Kier alpha value is -1.95. The summed E-state index contributed by atoms with van der Waals surface area (Å²) >= 11 is 1.15. The molecule has 0 radical (unpaired) electrons. The second-order valence-electron chi connectivity index (χ2n) is 3.71. The van der Waals surface area contributed by atoms with Crippen molar-refractivity contribution in [2.24, 2.45) is 0 Å². The van der Waals surface area contributed by atoms with Gasteiger partial charge in [0.05, 0.1) is 6.61 Å². The average Bonchev–Trinajstić information content (AvgIpc) is 2.82. The molecular weight excluding hydrogens is 250 g/mol. The minimum absolute atomic E-state index is 0.0935. The van der Waals surface area contributed by atoms with E-state index in [1.54, 1.807) is 6.92 Å². The average molecular weight is 263 g/mol. The third-order valence-electron chi connectivity index (χ3n) is 2.41. The summed E-state index contributed by atoms with van der Waals surface area (Å²) in [4.78, 5) is 15.6. The number of carbonyl (C=O) groups excluding carboxylic acids is 1. The van der Waals surface area contributed by atoms with Gasteiger partial charge in [0.15, 0.2) is 0 Å². The van der Waals surface area contributed by atoms with Gasteiger partial charge in [-0.05, 0) is 37.0 Å². The first-order chi connectivity index (χ1) is 8.61. The molecule has 0 aliphatic rings. The summed E-state index contributed by atoms with van der Waals surface area (Å²) < 4.78 is 8.82. The fourth-order valence-corrected chi connectivity index (χ4v) is 2.04. The normalized spacial score (nSPS) is 10.3. The van der Waals surface area contributed by atoms with E-state index in [0.29, 0.717) is 17.3 Å². The number of nitrogens with two attached hydrogens (primary N) is 1. The number of carbonyl (C=O) groups is 1. The molecular formula is C12H13N3O2S. The van der Waals surface area contributed by atoms with Crippen LogP contribution >= 0.6 is 11.5 Å². The molecule has 18 heavy (non-hydrogen) atoms.